The van der Waals surface area contributed by atoms with Crippen molar-refractivity contribution in [3.63, 3.8) is 0 Å². The van der Waals surface area contributed by atoms with E-state index in [4.69, 9.17) is 33.7 Å². The number of benzene rings is 2. The van der Waals surface area contributed by atoms with Crippen LogP contribution < -0.4 is 5.73 Å². The number of phenolic OH excluding ortho intramolecular Hbond substituents is 1. The van der Waals surface area contributed by atoms with E-state index in [-0.39, 0.29) is 6.10 Å². The van der Waals surface area contributed by atoms with Crippen molar-refractivity contribution in [2.24, 2.45) is 0 Å². The molecule has 2 aromatic rings. The van der Waals surface area contributed by atoms with Gasteiger partial charge >= 0.3 is 0 Å². The molecule has 0 unspecified atom stereocenters. The van der Waals surface area contributed by atoms with Crippen LogP contribution in [0, 0.1) is 0 Å². The number of hydrogen-bond acceptors (Lipinski definition) is 4. The highest BCUT2D eigenvalue weighted by Gasteiger charge is 2.19. The molecule has 0 aliphatic carbocycles. The van der Waals surface area contributed by atoms with Crippen LogP contribution in [0.25, 0.3) is 0 Å². The van der Waals surface area contributed by atoms with Crippen molar-refractivity contribution in [1.82, 2.24) is 4.90 Å². The zero-order valence-corrected chi connectivity index (χ0v) is 16.8. The molecule has 2 aromatic carbocycles. The Balaban J connectivity index is 1.37. The Labute approximate surface area is 170 Å². The topological polar surface area (TPSA) is 58.7 Å². The van der Waals surface area contributed by atoms with Crippen molar-refractivity contribution in [2.75, 3.05) is 25.4 Å². The molecule has 3 N–H and O–H groups in total. The van der Waals surface area contributed by atoms with E-state index in [1.165, 1.54) is 0 Å². The Morgan fingerprint density at radius 2 is 1.89 bits per heavy atom. The fourth-order valence-electron chi connectivity index (χ4n) is 3.49. The van der Waals surface area contributed by atoms with Gasteiger partial charge < -0.3 is 20.5 Å². The third-order valence-electron chi connectivity index (χ3n) is 5.09. The van der Waals surface area contributed by atoms with Crippen molar-refractivity contribution in [2.45, 2.75) is 38.4 Å². The maximum absolute atomic E-state index is 9.92. The highest BCUT2D eigenvalue weighted by atomic mass is 35.5. The molecule has 1 aliphatic rings. The number of nitrogen functional groups attached to an aromatic ring is 1. The van der Waals surface area contributed by atoms with Crippen LogP contribution in [0.15, 0.2) is 36.4 Å². The molecule has 1 fully saturated rings. The lowest BCUT2D eigenvalue weighted by Crippen LogP contribution is -2.37. The molecule has 1 saturated heterocycles. The van der Waals surface area contributed by atoms with Crippen LogP contribution >= 0.6 is 23.2 Å². The fraction of sp³-hybridized carbons (Fsp3) is 0.429. The number of piperidine rings is 1. The van der Waals surface area contributed by atoms with Crippen molar-refractivity contribution in [1.29, 1.82) is 0 Å². The smallest absolute Gasteiger partial charge is 0.120 e. The van der Waals surface area contributed by atoms with Crippen LogP contribution in [-0.4, -0.2) is 35.7 Å². The van der Waals surface area contributed by atoms with E-state index in [1.54, 1.807) is 12.1 Å². The van der Waals surface area contributed by atoms with Gasteiger partial charge in [-0.1, -0.05) is 35.3 Å². The number of hydrogen-bond donors (Lipinski definition) is 2. The SMILES string of the molecule is Nc1cccc(O)c1CCCN1CCC(OCc2ccc(Cl)c(Cl)c2)CC1. The third kappa shape index (κ3) is 5.76. The van der Waals surface area contributed by atoms with Crippen molar-refractivity contribution in [3.8, 4) is 5.75 Å². The van der Waals surface area contributed by atoms with Crippen LogP contribution in [0.3, 0.4) is 0 Å². The molecule has 27 heavy (non-hydrogen) atoms. The van der Waals surface area contributed by atoms with Gasteiger partial charge in [-0.05, 0) is 62.1 Å². The average molecular weight is 409 g/mol. The molecule has 0 amide bonds. The standard InChI is InChI=1S/C21H26Cl2N2O2/c22-18-7-6-15(13-19(18)23)14-27-16-8-11-25(12-9-16)10-2-3-17-20(24)4-1-5-21(17)26/h1,4-7,13,16,26H,2-3,8-12,14,24H2. The lowest BCUT2D eigenvalue weighted by Gasteiger charge is -2.32. The second kappa shape index (κ2) is 9.65. The summed E-state index contributed by atoms with van der Waals surface area (Å²) in [7, 11) is 0. The van der Waals surface area contributed by atoms with Crippen LogP contribution in [-0.2, 0) is 17.8 Å². The average Bonchev–Trinajstić information content (AvgIpc) is 2.66. The Morgan fingerprint density at radius 3 is 2.59 bits per heavy atom. The summed E-state index contributed by atoms with van der Waals surface area (Å²) in [6, 6.07) is 10.9. The molecule has 0 radical (unpaired) electrons. The Hall–Kier alpha value is -1.46. The van der Waals surface area contributed by atoms with E-state index in [9.17, 15) is 5.11 Å². The quantitative estimate of drug-likeness (QED) is 0.639. The first-order valence-corrected chi connectivity index (χ1v) is 10.1. The van der Waals surface area contributed by atoms with Gasteiger partial charge in [-0.25, -0.2) is 0 Å². The van der Waals surface area contributed by atoms with E-state index >= 15 is 0 Å². The normalized spacial score (nSPS) is 15.9. The van der Waals surface area contributed by atoms with E-state index in [0.717, 1.165) is 56.4 Å². The maximum atomic E-state index is 9.92. The summed E-state index contributed by atoms with van der Waals surface area (Å²) in [6.07, 6.45) is 4.12. The number of nitrogens with zero attached hydrogens (tertiary/aromatic N) is 1. The lowest BCUT2D eigenvalue weighted by atomic mass is 10.0. The number of anilines is 1. The number of halogens is 2. The predicted octanol–water partition coefficient (Wildman–Crippen LogP) is 4.90. The van der Waals surface area contributed by atoms with Crippen molar-refractivity contribution in [3.05, 3.63) is 57.6 Å². The highest BCUT2D eigenvalue weighted by Crippen LogP contribution is 2.25. The molecule has 1 heterocycles. The van der Waals surface area contributed by atoms with E-state index < -0.39 is 0 Å². The highest BCUT2D eigenvalue weighted by molar-refractivity contribution is 6.42. The third-order valence-corrected chi connectivity index (χ3v) is 5.83. The molecule has 0 spiro atoms. The molecule has 3 rings (SSSR count). The van der Waals surface area contributed by atoms with Gasteiger partial charge in [-0.2, -0.15) is 0 Å². The first-order valence-electron chi connectivity index (χ1n) is 9.37. The monoisotopic (exact) mass is 408 g/mol. The molecule has 0 aromatic heterocycles. The maximum Gasteiger partial charge on any atom is 0.120 e. The van der Waals surface area contributed by atoms with Crippen molar-refractivity contribution < 1.29 is 9.84 Å². The summed E-state index contributed by atoms with van der Waals surface area (Å²) >= 11 is 12.0. The summed E-state index contributed by atoms with van der Waals surface area (Å²) in [5, 5.41) is 11.1. The zero-order chi connectivity index (χ0) is 19.2. The van der Waals surface area contributed by atoms with E-state index in [1.807, 2.05) is 24.3 Å². The number of likely N-dealkylation sites (tertiary alicyclic amines) is 1. The van der Waals surface area contributed by atoms with Gasteiger partial charge in [0.2, 0.25) is 0 Å². The summed E-state index contributed by atoms with van der Waals surface area (Å²) in [4.78, 5) is 2.45. The van der Waals surface area contributed by atoms with Gasteiger partial charge in [0, 0.05) is 24.3 Å². The molecule has 0 bridgehead atoms. The molecule has 1 aliphatic heterocycles. The van der Waals surface area contributed by atoms with Gasteiger partial charge in [-0.15, -0.1) is 0 Å². The van der Waals surface area contributed by atoms with Crippen LogP contribution in [0.1, 0.15) is 30.4 Å². The Kier molecular flexibility index (Phi) is 7.25. The second-order valence-electron chi connectivity index (χ2n) is 7.05. The van der Waals surface area contributed by atoms with Gasteiger partial charge in [0.1, 0.15) is 5.75 Å². The first kappa shape index (κ1) is 20.3. The van der Waals surface area contributed by atoms with Crippen LogP contribution in [0.4, 0.5) is 5.69 Å². The molecular formula is C21H26Cl2N2O2. The van der Waals surface area contributed by atoms with Gasteiger partial charge in [-0.3, -0.25) is 0 Å². The summed E-state index contributed by atoms with van der Waals surface area (Å²) in [5.41, 5.74) is 8.53. The minimum Gasteiger partial charge on any atom is -0.508 e. The lowest BCUT2D eigenvalue weighted by molar-refractivity contribution is -0.00253. The minimum atomic E-state index is 0.282. The first-order chi connectivity index (χ1) is 13.0. The van der Waals surface area contributed by atoms with Crippen LogP contribution in [0.2, 0.25) is 10.0 Å². The molecule has 146 valence electrons. The molecule has 4 nitrogen and oxygen atoms in total. The number of rotatable bonds is 7. The van der Waals surface area contributed by atoms with Gasteiger partial charge in [0.25, 0.3) is 0 Å². The van der Waals surface area contributed by atoms with E-state index in [2.05, 4.69) is 4.90 Å². The Bertz CT molecular complexity index is 742. The summed E-state index contributed by atoms with van der Waals surface area (Å²) in [6.45, 7) is 3.63. The molecular weight excluding hydrogens is 383 g/mol. The molecule has 0 saturated carbocycles. The number of aromatic hydroxyl groups is 1. The summed E-state index contributed by atoms with van der Waals surface area (Å²) in [5.74, 6) is 0.296. The minimum absolute atomic E-state index is 0.282. The zero-order valence-electron chi connectivity index (χ0n) is 15.3. The summed E-state index contributed by atoms with van der Waals surface area (Å²) < 4.78 is 6.04. The van der Waals surface area contributed by atoms with Gasteiger partial charge in [0.15, 0.2) is 0 Å². The number of ether oxygens (including phenoxy) is 1. The van der Waals surface area contributed by atoms with E-state index in [0.29, 0.717) is 28.1 Å². The van der Waals surface area contributed by atoms with Gasteiger partial charge in [0.05, 0.1) is 22.8 Å². The predicted molar refractivity (Wildman–Crippen MR) is 112 cm³/mol. The number of phenols is 1. The Morgan fingerprint density at radius 1 is 1.11 bits per heavy atom. The number of nitrogens with two attached hydrogens (primary N) is 1. The van der Waals surface area contributed by atoms with Crippen molar-refractivity contribution >= 4 is 28.9 Å². The molecule has 0 atom stereocenters. The second-order valence-corrected chi connectivity index (χ2v) is 7.86. The largest absolute Gasteiger partial charge is 0.508 e. The molecule has 6 heteroatoms. The van der Waals surface area contributed by atoms with Crippen LogP contribution in [0.5, 0.6) is 5.75 Å². The fourth-order valence-corrected chi connectivity index (χ4v) is 3.81.